The van der Waals surface area contributed by atoms with Gasteiger partial charge >= 0.3 is 0 Å². The minimum atomic E-state index is -0.406. The Bertz CT molecular complexity index is 549. The Morgan fingerprint density at radius 1 is 1.29 bits per heavy atom. The number of likely N-dealkylation sites (tertiary alicyclic amines) is 2. The summed E-state index contributed by atoms with van der Waals surface area (Å²) < 4.78 is 0. The number of rotatable bonds is 3. The van der Waals surface area contributed by atoms with E-state index in [1.165, 1.54) is 5.56 Å². The van der Waals surface area contributed by atoms with Crippen molar-refractivity contribution < 1.29 is 14.7 Å². The molecule has 2 saturated heterocycles. The molecule has 0 aromatic heterocycles. The van der Waals surface area contributed by atoms with Gasteiger partial charge in [0, 0.05) is 26.1 Å². The average Bonchev–Trinajstić information content (AvgIpc) is 2.79. The maximum absolute atomic E-state index is 12.4. The van der Waals surface area contributed by atoms with Gasteiger partial charge < -0.3 is 14.9 Å². The largest absolute Gasteiger partial charge is 0.389 e. The Morgan fingerprint density at radius 3 is 2.57 bits per heavy atom. The van der Waals surface area contributed by atoms with Gasteiger partial charge in [0.2, 0.25) is 11.8 Å². The van der Waals surface area contributed by atoms with E-state index in [4.69, 9.17) is 0 Å². The number of benzene rings is 1. The highest BCUT2D eigenvalue weighted by molar-refractivity contribution is 5.91. The lowest BCUT2D eigenvalue weighted by Crippen LogP contribution is -2.58. The highest BCUT2D eigenvalue weighted by Crippen LogP contribution is 2.25. The number of carbonyl (C=O) groups excluding carboxylic acids is 2. The summed E-state index contributed by atoms with van der Waals surface area (Å²) in [5, 5.41) is 9.31. The van der Waals surface area contributed by atoms with Gasteiger partial charge in [-0.15, -0.1) is 0 Å². The van der Waals surface area contributed by atoms with Crippen LogP contribution in [0.5, 0.6) is 0 Å². The molecule has 0 radical (unpaired) electrons. The standard InChI is InChI=1S/C16H20N2O3/c1-11-2-4-12(5-3-11)8-18-14(6-7-15(18)20)16(21)17-9-13(19)10-17/h2-5,13-14,19H,6-10H2,1H3. The van der Waals surface area contributed by atoms with E-state index in [0.29, 0.717) is 32.5 Å². The number of hydrogen-bond acceptors (Lipinski definition) is 3. The second-order valence-corrected chi connectivity index (χ2v) is 5.96. The number of aliphatic hydroxyl groups is 1. The molecule has 0 bridgehead atoms. The fourth-order valence-electron chi connectivity index (χ4n) is 2.92. The van der Waals surface area contributed by atoms with Crippen LogP contribution in [-0.2, 0) is 16.1 Å². The quantitative estimate of drug-likeness (QED) is 0.890. The highest BCUT2D eigenvalue weighted by atomic mass is 16.3. The molecule has 0 saturated carbocycles. The molecule has 0 aliphatic carbocycles. The van der Waals surface area contributed by atoms with E-state index in [1.807, 2.05) is 31.2 Å². The molecule has 2 amide bonds. The molecule has 0 spiro atoms. The van der Waals surface area contributed by atoms with Crippen LogP contribution in [0.25, 0.3) is 0 Å². The predicted molar refractivity (Wildman–Crippen MR) is 77.3 cm³/mol. The van der Waals surface area contributed by atoms with E-state index in [9.17, 15) is 14.7 Å². The molecular formula is C16H20N2O3. The van der Waals surface area contributed by atoms with E-state index >= 15 is 0 Å². The van der Waals surface area contributed by atoms with Crippen molar-refractivity contribution in [3.8, 4) is 0 Å². The van der Waals surface area contributed by atoms with Gasteiger partial charge in [0.15, 0.2) is 0 Å². The first-order chi connectivity index (χ1) is 10.0. The van der Waals surface area contributed by atoms with Crippen LogP contribution in [0, 0.1) is 6.92 Å². The van der Waals surface area contributed by atoms with Crippen LogP contribution < -0.4 is 0 Å². The van der Waals surface area contributed by atoms with E-state index in [0.717, 1.165) is 5.56 Å². The summed E-state index contributed by atoms with van der Waals surface area (Å²) in [5.41, 5.74) is 2.21. The van der Waals surface area contributed by atoms with Crippen LogP contribution >= 0.6 is 0 Å². The summed E-state index contributed by atoms with van der Waals surface area (Å²) in [6.45, 7) is 3.28. The van der Waals surface area contributed by atoms with Crippen LogP contribution in [0.4, 0.5) is 0 Å². The molecule has 2 aliphatic rings. The monoisotopic (exact) mass is 288 g/mol. The SMILES string of the molecule is Cc1ccc(CN2C(=O)CCC2C(=O)N2CC(O)C2)cc1. The molecule has 2 aliphatic heterocycles. The Balaban J connectivity index is 1.70. The molecule has 1 aromatic rings. The number of nitrogens with zero attached hydrogens (tertiary/aromatic N) is 2. The smallest absolute Gasteiger partial charge is 0.245 e. The van der Waals surface area contributed by atoms with Crippen molar-refractivity contribution in [2.24, 2.45) is 0 Å². The lowest BCUT2D eigenvalue weighted by atomic mass is 10.1. The first kappa shape index (κ1) is 14.1. The van der Waals surface area contributed by atoms with Crippen molar-refractivity contribution in [2.45, 2.75) is 38.5 Å². The summed E-state index contributed by atoms with van der Waals surface area (Å²) in [4.78, 5) is 27.8. The van der Waals surface area contributed by atoms with Gasteiger partial charge in [-0.05, 0) is 18.9 Å². The van der Waals surface area contributed by atoms with Crippen molar-refractivity contribution in [1.82, 2.24) is 9.80 Å². The zero-order chi connectivity index (χ0) is 15.0. The summed E-state index contributed by atoms with van der Waals surface area (Å²) in [5.74, 6) is 0.00765. The first-order valence-electron chi connectivity index (χ1n) is 7.36. The molecule has 1 unspecified atom stereocenters. The van der Waals surface area contributed by atoms with Crippen LogP contribution in [0.15, 0.2) is 24.3 Å². The average molecular weight is 288 g/mol. The molecule has 21 heavy (non-hydrogen) atoms. The van der Waals surface area contributed by atoms with Gasteiger partial charge in [0.1, 0.15) is 6.04 Å². The molecular weight excluding hydrogens is 268 g/mol. The third kappa shape index (κ3) is 2.78. The Hall–Kier alpha value is -1.88. The van der Waals surface area contributed by atoms with Crippen LogP contribution in [0.1, 0.15) is 24.0 Å². The first-order valence-corrected chi connectivity index (χ1v) is 7.36. The van der Waals surface area contributed by atoms with Crippen molar-refractivity contribution in [2.75, 3.05) is 13.1 Å². The molecule has 1 aromatic carbocycles. The molecule has 3 rings (SSSR count). The molecule has 5 heteroatoms. The minimum absolute atomic E-state index is 0.0294. The van der Waals surface area contributed by atoms with Crippen molar-refractivity contribution in [3.05, 3.63) is 35.4 Å². The van der Waals surface area contributed by atoms with Crippen molar-refractivity contribution >= 4 is 11.8 Å². The zero-order valence-electron chi connectivity index (χ0n) is 12.2. The second-order valence-electron chi connectivity index (χ2n) is 5.96. The van der Waals surface area contributed by atoms with Gasteiger partial charge in [-0.25, -0.2) is 0 Å². The zero-order valence-corrected chi connectivity index (χ0v) is 12.2. The van der Waals surface area contributed by atoms with Crippen molar-refractivity contribution in [3.63, 3.8) is 0 Å². The fourth-order valence-corrected chi connectivity index (χ4v) is 2.92. The molecule has 1 atom stereocenters. The molecule has 1 N–H and O–H groups in total. The van der Waals surface area contributed by atoms with Crippen LogP contribution in [0.3, 0.4) is 0 Å². The normalized spacial score (nSPS) is 22.6. The lowest BCUT2D eigenvalue weighted by molar-refractivity contribution is -0.149. The summed E-state index contributed by atoms with van der Waals surface area (Å²) in [6.07, 6.45) is 0.603. The molecule has 5 nitrogen and oxygen atoms in total. The number of β-amino-alcohol motifs (C(OH)–C–C–N with tert-alkyl or cyclic N) is 1. The predicted octanol–water partition coefficient (Wildman–Crippen LogP) is 0.689. The van der Waals surface area contributed by atoms with E-state index in [-0.39, 0.29) is 17.9 Å². The second kappa shape index (κ2) is 5.48. The van der Waals surface area contributed by atoms with E-state index in [1.54, 1.807) is 9.80 Å². The lowest BCUT2D eigenvalue weighted by Gasteiger charge is -2.39. The van der Waals surface area contributed by atoms with Gasteiger partial charge in [0.25, 0.3) is 0 Å². The summed E-state index contributed by atoms with van der Waals surface area (Å²) >= 11 is 0. The Labute approximate surface area is 124 Å². The van der Waals surface area contributed by atoms with E-state index < -0.39 is 6.10 Å². The molecule has 2 fully saturated rings. The fraction of sp³-hybridized carbons (Fsp3) is 0.500. The van der Waals surface area contributed by atoms with Crippen LogP contribution in [-0.4, -0.2) is 52.0 Å². The summed E-state index contributed by atoms with van der Waals surface area (Å²) in [6, 6.07) is 7.65. The topological polar surface area (TPSA) is 60.9 Å². The minimum Gasteiger partial charge on any atom is -0.389 e. The number of aliphatic hydroxyl groups excluding tert-OH is 1. The Morgan fingerprint density at radius 2 is 1.95 bits per heavy atom. The number of hydrogen-bond donors (Lipinski definition) is 1. The summed E-state index contributed by atoms with van der Waals surface area (Å²) in [7, 11) is 0. The number of amides is 2. The van der Waals surface area contributed by atoms with Crippen molar-refractivity contribution in [1.29, 1.82) is 0 Å². The molecule has 2 heterocycles. The van der Waals surface area contributed by atoms with Crippen LogP contribution in [0.2, 0.25) is 0 Å². The van der Waals surface area contributed by atoms with Gasteiger partial charge in [-0.3, -0.25) is 9.59 Å². The van der Waals surface area contributed by atoms with E-state index in [2.05, 4.69) is 0 Å². The highest BCUT2D eigenvalue weighted by Gasteiger charge is 2.41. The molecule has 112 valence electrons. The van der Waals surface area contributed by atoms with Gasteiger partial charge in [-0.1, -0.05) is 29.8 Å². The third-order valence-corrected chi connectivity index (χ3v) is 4.26. The van der Waals surface area contributed by atoms with Gasteiger partial charge in [-0.2, -0.15) is 0 Å². The Kier molecular flexibility index (Phi) is 3.68. The van der Waals surface area contributed by atoms with Gasteiger partial charge in [0.05, 0.1) is 6.10 Å². The maximum Gasteiger partial charge on any atom is 0.245 e. The maximum atomic E-state index is 12.4. The third-order valence-electron chi connectivity index (χ3n) is 4.26. The number of aryl methyl sites for hydroxylation is 1. The number of carbonyl (C=O) groups is 2.